The first-order valence-corrected chi connectivity index (χ1v) is 7.66. The summed E-state index contributed by atoms with van der Waals surface area (Å²) in [6.07, 6.45) is 3.01. The SMILES string of the molecule is COc1ccc(C)cc1NC(=O)c1cnc(NCCN(C)C)cn1. The van der Waals surface area contributed by atoms with Crippen molar-refractivity contribution in [2.24, 2.45) is 0 Å². The van der Waals surface area contributed by atoms with Crippen LogP contribution in [0.4, 0.5) is 11.5 Å². The molecule has 0 saturated carbocycles. The van der Waals surface area contributed by atoms with Crippen LogP contribution in [0.1, 0.15) is 16.1 Å². The third kappa shape index (κ3) is 4.92. The summed E-state index contributed by atoms with van der Waals surface area (Å²) in [5.41, 5.74) is 1.88. The van der Waals surface area contributed by atoms with Crippen molar-refractivity contribution in [3.8, 4) is 5.75 Å². The normalized spacial score (nSPS) is 10.5. The minimum atomic E-state index is -0.328. The van der Waals surface area contributed by atoms with Gasteiger partial charge in [0.1, 0.15) is 17.3 Å². The average Bonchev–Trinajstić information content (AvgIpc) is 2.55. The number of amides is 1. The number of aromatic nitrogens is 2. The standard InChI is InChI=1S/C17H23N5O2/c1-12-5-6-15(24-4)13(9-12)21-17(23)14-10-20-16(11-19-14)18-7-8-22(2)3/h5-6,9-11H,7-8H2,1-4H3,(H,18,20)(H,21,23). The van der Waals surface area contributed by atoms with Gasteiger partial charge in [-0.05, 0) is 38.7 Å². The molecule has 0 aliphatic heterocycles. The lowest BCUT2D eigenvalue weighted by Gasteiger charge is -2.12. The molecule has 2 rings (SSSR count). The summed E-state index contributed by atoms with van der Waals surface area (Å²) in [5, 5.41) is 5.95. The zero-order valence-electron chi connectivity index (χ0n) is 14.5. The van der Waals surface area contributed by atoms with Gasteiger partial charge in [-0.1, -0.05) is 6.07 Å². The van der Waals surface area contributed by atoms with Crippen LogP contribution in [0.25, 0.3) is 0 Å². The maximum absolute atomic E-state index is 12.3. The lowest BCUT2D eigenvalue weighted by molar-refractivity contribution is 0.102. The van der Waals surface area contributed by atoms with E-state index in [9.17, 15) is 4.79 Å². The van der Waals surface area contributed by atoms with Crippen molar-refractivity contribution >= 4 is 17.4 Å². The quantitative estimate of drug-likeness (QED) is 0.809. The van der Waals surface area contributed by atoms with Crippen molar-refractivity contribution in [3.05, 3.63) is 41.9 Å². The molecule has 24 heavy (non-hydrogen) atoms. The molecule has 0 unspecified atom stereocenters. The van der Waals surface area contributed by atoms with E-state index < -0.39 is 0 Å². The van der Waals surface area contributed by atoms with E-state index in [2.05, 4.69) is 25.5 Å². The molecule has 1 aromatic carbocycles. The third-order valence-electron chi connectivity index (χ3n) is 3.35. The Balaban J connectivity index is 2.01. The highest BCUT2D eigenvalue weighted by Gasteiger charge is 2.12. The number of aryl methyl sites for hydroxylation is 1. The predicted octanol–water partition coefficient (Wildman–Crippen LogP) is 2.02. The molecule has 0 spiro atoms. The second-order valence-electron chi connectivity index (χ2n) is 5.67. The molecule has 7 nitrogen and oxygen atoms in total. The summed E-state index contributed by atoms with van der Waals surface area (Å²) in [5.74, 6) is 0.914. The lowest BCUT2D eigenvalue weighted by atomic mass is 10.2. The molecule has 0 bridgehead atoms. The topological polar surface area (TPSA) is 79.4 Å². The summed E-state index contributed by atoms with van der Waals surface area (Å²) in [7, 11) is 5.56. The van der Waals surface area contributed by atoms with Crippen LogP contribution in [-0.4, -0.2) is 55.1 Å². The number of hydrogen-bond acceptors (Lipinski definition) is 6. The van der Waals surface area contributed by atoms with Crippen LogP contribution in [0.2, 0.25) is 0 Å². The Kier molecular flexibility index (Phi) is 6.08. The Bertz CT molecular complexity index is 686. The van der Waals surface area contributed by atoms with Crippen molar-refractivity contribution in [3.63, 3.8) is 0 Å². The second kappa shape index (κ2) is 8.26. The molecule has 128 valence electrons. The van der Waals surface area contributed by atoms with E-state index in [1.54, 1.807) is 13.3 Å². The number of rotatable bonds is 7. The molecule has 0 saturated heterocycles. The van der Waals surface area contributed by atoms with Crippen molar-refractivity contribution in [2.45, 2.75) is 6.92 Å². The van der Waals surface area contributed by atoms with Crippen molar-refractivity contribution in [2.75, 3.05) is 44.9 Å². The molecule has 7 heteroatoms. The minimum Gasteiger partial charge on any atom is -0.495 e. The Labute approximate surface area is 142 Å². The third-order valence-corrected chi connectivity index (χ3v) is 3.35. The number of methoxy groups -OCH3 is 1. The summed E-state index contributed by atoms with van der Waals surface area (Å²) < 4.78 is 5.26. The summed E-state index contributed by atoms with van der Waals surface area (Å²) in [6.45, 7) is 3.59. The summed E-state index contributed by atoms with van der Waals surface area (Å²) >= 11 is 0. The van der Waals surface area contributed by atoms with Crippen LogP contribution in [-0.2, 0) is 0 Å². The van der Waals surface area contributed by atoms with Gasteiger partial charge in [0.25, 0.3) is 5.91 Å². The second-order valence-corrected chi connectivity index (χ2v) is 5.67. The molecule has 2 N–H and O–H groups in total. The van der Waals surface area contributed by atoms with Crippen LogP contribution in [0.5, 0.6) is 5.75 Å². The molecule has 2 aromatic rings. The molecule has 1 heterocycles. The minimum absolute atomic E-state index is 0.247. The average molecular weight is 329 g/mol. The van der Waals surface area contributed by atoms with E-state index in [0.29, 0.717) is 17.3 Å². The van der Waals surface area contributed by atoms with Crippen LogP contribution in [0, 0.1) is 6.92 Å². The van der Waals surface area contributed by atoms with Crippen LogP contribution < -0.4 is 15.4 Å². The molecule has 0 aliphatic carbocycles. The van der Waals surface area contributed by atoms with Gasteiger partial charge in [0, 0.05) is 13.1 Å². The fraction of sp³-hybridized carbons (Fsp3) is 0.353. The van der Waals surface area contributed by atoms with Gasteiger partial charge in [-0.25, -0.2) is 9.97 Å². The predicted molar refractivity (Wildman–Crippen MR) is 94.8 cm³/mol. The number of ether oxygens (including phenoxy) is 1. The van der Waals surface area contributed by atoms with Gasteiger partial charge in [0.15, 0.2) is 0 Å². The monoisotopic (exact) mass is 329 g/mol. The van der Waals surface area contributed by atoms with Gasteiger partial charge in [-0.3, -0.25) is 4.79 Å². The van der Waals surface area contributed by atoms with E-state index in [4.69, 9.17) is 4.74 Å². The number of carbonyl (C=O) groups is 1. The Morgan fingerprint density at radius 3 is 2.67 bits per heavy atom. The van der Waals surface area contributed by atoms with Gasteiger partial charge in [-0.2, -0.15) is 0 Å². The van der Waals surface area contributed by atoms with E-state index in [-0.39, 0.29) is 11.6 Å². The van der Waals surface area contributed by atoms with E-state index in [1.165, 1.54) is 6.20 Å². The maximum Gasteiger partial charge on any atom is 0.275 e. The van der Waals surface area contributed by atoms with Crippen LogP contribution in [0.3, 0.4) is 0 Å². The number of hydrogen-bond donors (Lipinski definition) is 2. The van der Waals surface area contributed by atoms with Gasteiger partial charge in [0.05, 0.1) is 25.2 Å². The molecule has 0 fully saturated rings. The Morgan fingerprint density at radius 1 is 1.25 bits per heavy atom. The zero-order chi connectivity index (χ0) is 17.5. The highest BCUT2D eigenvalue weighted by atomic mass is 16.5. The molecule has 0 aliphatic rings. The Morgan fingerprint density at radius 2 is 2.04 bits per heavy atom. The number of nitrogens with zero attached hydrogens (tertiary/aromatic N) is 3. The van der Waals surface area contributed by atoms with Gasteiger partial charge in [0.2, 0.25) is 0 Å². The number of carbonyl (C=O) groups excluding carboxylic acids is 1. The van der Waals surface area contributed by atoms with Crippen molar-refractivity contribution in [1.82, 2.24) is 14.9 Å². The van der Waals surface area contributed by atoms with E-state index >= 15 is 0 Å². The molecular weight excluding hydrogens is 306 g/mol. The first-order valence-electron chi connectivity index (χ1n) is 7.66. The molecule has 1 aromatic heterocycles. The van der Waals surface area contributed by atoms with Crippen molar-refractivity contribution < 1.29 is 9.53 Å². The Hall–Kier alpha value is -2.67. The highest BCUT2D eigenvalue weighted by molar-refractivity contribution is 6.03. The first kappa shape index (κ1) is 17.7. The summed E-state index contributed by atoms with van der Waals surface area (Å²) in [6, 6.07) is 5.58. The first-order chi connectivity index (χ1) is 11.5. The van der Waals surface area contributed by atoms with Crippen molar-refractivity contribution in [1.29, 1.82) is 0 Å². The maximum atomic E-state index is 12.3. The number of nitrogens with one attached hydrogen (secondary N) is 2. The largest absolute Gasteiger partial charge is 0.495 e. The zero-order valence-corrected chi connectivity index (χ0v) is 14.5. The van der Waals surface area contributed by atoms with Crippen LogP contribution in [0.15, 0.2) is 30.6 Å². The van der Waals surface area contributed by atoms with Crippen LogP contribution >= 0.6 is 0 Å². The van der Waals surface area contributed by atoms with Gasteiger partial charge in [-0.15, -0.1) is 0 Å². The smallest absolute Gasteiger partial charge is 0.275 e. The number of likely N-dealkylation sites (N-methyl/N-ethyl adjacent to an activating group) is 1. The molecular formula is C17H23N5O2. The summed E-state index contributed by atoms with van der Waals surface area (Å²) in [4.78, 5) is 22.8. The fourth-order valence-electron chi connectivity index (χ4n) is 2.05. The van der Waals surface area contributed by atoms with E-state index in [0.717, 1.165) is 18.7 Å². The molecule has 1 amide bonds. The number of benzene rings is 1. The van der Waals surface area contributed by atoms with Gasteiger partial charge >= 0.3 is 0 Å². The number of anilines is 2. The fourth-order valence-corrected chi connectivity index (χ4v) is 2.05. The lowest BCUT2D eigenvalue weighted by Crippen LogP contribution is -2.21. The van der Waals surface area contributed by atoms with E-state index in [1.807, 2.05) is 39.2 Å². The molecule has 0 radical (unpaired) electrons. The van der Waals surface area contributed by atoms with Gasteiger partial charge < -0.3 is 20.3 Å². The molecule has 0 atom stereocenters. The highest BCUT2D eigenvalue weighted by Crippen LogP contribution is 2.25.